The van der Waals surface area contributed by atoms with E-state index in [2.05, 4.69) is 24.4 Å². The van der Waals surface area contributed by atoms with Crippen molar-refractivity contribution in [3.05, 3.63) is 35.9 Å². The number of methoxy groups -OCH3 is 1. The summed E-state index contributed by atoms with van der Waals surface area (Å²) < 4.78 is 4.89. The number of nitrogens with one attached hydrogen (secondary N) is 1. The summed E-state index contributed by atoms with van der Waals surface area (Å²) in [6.45, 7) is 3.61. The largest absolute Gasteiger partial charge is 0.375 e. The molecule has 2 amide bonds. The Balaban J connectivity index is 1.78. The molecule has 132 valence electrons. The van der Waals surface area contributed by atoms with Crippen LogP contribution in [0.2, 0.25) is 0 Å². The first kappa shape index (κ1) is 18.5. The molecule has 1 aromatic carbocycles. The molecule has 1 atom stereocenters. The number of ether oxygens (including phenoxy) is 1. The van der Waals surface area contributed by atoms with Gasteiger partial charge in [-0.05, 0) is 30.7 Å². The van der Waals surface area contributed by atoms with Crippen LogP contribution in [-0.2, 0) is 14.3 Å². The Bertz CT molecular complexity index is 525. The van der Waals surface area contributed by atoms with Crippen molar-refractivity contribution in [2.24, 2.45) is 0 Å². The third kappa shape index (κ3) is 5.34. The summed E-state index contributed by atoms with van der Waals surface area (Å²) >= 11 is 0. The third-order valence-corrected chi connectivity index (χ3v) is 4.68. The second-order valence-corrected chi connectivity index (χ2v) is 6.38. The second-order valence-electron chi connectivity index (χ2n) is 6.38. The standard InChI is InChI=1S/C19H28N2O3/c1-3-15(16-7-5-4-6-8-16)13-18(22)20-17-9-11-21(12-10-17)19(23)14-24-2/h4-8,15,17H,3,9-14H2,1-2H3,(H,20,22)/t15-/m1/s1. The number of piperidine rings is 1. The number of carbonyl (C=O) groups is 2. The molecule has 1 aliphatic heterocycles. The van der Waals surface area contributed by atoms with Crippen molar-refractivity contribution in [3.63, 3.8) is 0 Å². The number of carbonyl (C=O) groups excluding carboxylic acids is 2. The van der Waals surface area contributed by atoms with Crippen molar-refractivity contribution in [1.82, 2.24) is 10.2 Å². The minimum atomic E-state index is 0.0254. The minimum Gasteiger partial charge on any atom is -0.375 e. The number of hydrogen-bond acceptors (Lipinski definition) is 3. The second kappa shape index (κ2) is 9.42. The molecule has 5 nitrogen and oxygen atoms in total. The maximum absolute atomic E-state index is 12.4. The zero-order valence-electron chi connectivity index (χ0n) is 14.7. The van der Waals surface area contributed by atoms with Gasteiger partial charge in [-0.1, -0.05) is 37.3 Å². The molecular weight excluding hydrogens is 304 g/mol. The highest BCUT2D eigenvalue weighted by atomic mass is 16.5. The predicted molar refractivity (Wildman–Crippen MR) is 93.7 cm³/mol. The molecule has 0 spiro atoms. The first-order valence-electron chi connectivity index (χ1n) is 8.75. The van der Waals surface area contributed by atoms with Gasteiger partial charge >= 0.3 is 0 Å². The molecule has 1 aromatic rings. The molecule has 24 heavy (non-hydrogen) atoms. The minimum absolute atomic E-state index is 0.0254. The molecule has 1 heterocycles. The molecule has 1 fully saturated rings. The molecule has 0 bridgehead atoms. The molecule has 1 N–H and O–H groups in total. The lowest BCUT2D eigenvalue weighted by atomic mass is 9.92. The van der Waals surface area contributed by atoms with E-state index in [0.29, 0.717) is 19.5 Å². The number of hydrogen-bond donors (Lipinski definition) is 1. The SMILES string of the molecule is CC[C@H](CC(=O)NC1CCN(C(=O)COC)CC1)c1ccccc1. The fraction of sp³-hybridized carbons (Fsp3) is 0.579. The van der Waals surface area contributed by atoms with Crippen LogP contribution in [-0.4, -0.2) is 49.6 Å². The van der Waals surface area contributed by atoms with Crippen LogP contribution in [0.3, 0.4) is 0 Å². The van der Waals surface area contributed by atoms with Gasteiger partial charge in [-0.2, -0.15) is 0 Å². The predicted octanol–water partition coefficient (Wildman–Crippen LogP) is 2.32. The van der Waals surface area contributed by atoms with E-state index >= 15 is 0 Å². The summed E-state index contributed by atoms with van der Waals surface area (Å²) in [4.78, 5) is 26.0. The summed E-state index contributed by atoms with van der Waals surface area (Å²) in [6, 6.07) is 10.4. The van der Waals surface area contributed by atoms with Gasteiger partial charge in [0.05, 0.1) is 0 Å². The van der Waals surface area contributed by atoms with Crippen molar-refractivity contribution in [1.29, 1.82) is 0 Å². The van der Waals surface area contributed by atoms with Crippen molar-refractivity contribution in [2.75, 3.05) is 26.8 Å². The van der Waals surface area contributed by atoms with Crippen LogP contribution in [0.25, 0.3) is 0 Å². The number of likely N-dealkylation sites (tertiary alicyclic amines) is 1. The quantitative estimate of drug-likeness (QED) is 0.834. The highest BCUT2D eigenvalue weighted by Gasteiger charge is 2.24. The van der Waals surface area contributed by atoms with Gasteiger partial charge < -0.3 is 15.0 Å². The lowest BCUT2D eigenvalue weighted by Crippen LogP contribution is -2.47. The van der Waals surface area contributed by atoms with Crippen LogP contribution >= 0.6 is 0 Å². The summed E-state index contributed by atoms with van der Waals surface area (Å²) in [5, 5.41) is 3.14. The smallest absolute Gasteiger partial charge is 0.248 e. The lowest BCUT2D eigenvalue weighted by molar-refractivity contribution is -0.136. The zero-order chi connectivity index (χ0) is 17.4. The summed E-state index contributed by atoms with van der Waals surface area (Å²) in [5.41, 5.74) is 1.22. The summed E-state index contributed by atoms with van der Waals surface area (Å²) in [6.07, 6.45) is 3.08. The molecule has 2 rings (SSSR count). The van der Waals surface area contributed by atoms with Crippen LogP contribution < -0.4 is 5.32 Å². The first-order valence-corrected chi connectivity index (χ1v) is 8.75. The van der Waals surface area contributed by atoms with E-state index in [9.17, 15) is 9.59 Å². The van der Waals surface area contributed by atoms with Crippen molar-refractivity contribution < 1.29 is 14.3 Å². The van der Waals surface area contributed by atoms with Gasteiger partial charge in [-0.25, -0.2) is 0 Å². The third-order valence-electron chi connectivity index (χ3n) is 4.68. The van der Waals surface area contributed by atoms with E-state index in [1.807, 2.05) is 23.1 Å². The Morgan fingerprint density at radius 1 is 1.25 bits per heavy atom. The van der Waals surface area contributed by atoms with Crippen molar-refractivity contribution in [2.45, 2.75) is 44.6 Å². The van der Waals surface area contributed by atoms with Gasteiger partial charge in [0, 0.05) is 32.7 Å². The van der Waals surface area contributed by atoms with E-state index in [0.717, 1.165) is 19.3 Å². The van der Waals surface area contributed by atoms with E-state index in [-0.39, 0.29) is 30.4 Å². The van der Waals surface area contributed by atoms with E-state index in [4.69, 9.17) is 4.74 Å². The van der Waals surface area contributed by atoms with Crippen LogP contribution in [0.1, 0.15) is 44.1 Å². The number of nitrogens with zero attached hydrogens (tertiary/aromatic N) is 1. The fourth-order valence-corrected chi connectivity index (χ4v) is 3.22. The zero-order valence-corrected chi connectivity index (χ0v) is 14.7. The maximum Gasteiger partial charge on any atom is 0.248 e. The monoisotopic (exact) mass is 332 g/mol. The highest BCUT2D eigenvalue weighted by Crippen LogP contribution is 2.23. The van der Waals surface area contributed by atoms with Crippen LogP contribution in [0.15, 0.2) is 30.3 Å². The first-order chi connectivity index (χ1) is 11.6. The topological polar surface area (TPSA) is 58.6 Å². The number of rotatable bonds is 7. The average molecular weight is 332 g/mol. The Kier molecular flexibility index (Phi) is 7.25. The summed E-state index contributed by atoms with van der Waals surface area (Å²) in [7, 11) is 1.53. The molecule has 0 saturated carbocycles. The fourth-order valence-electron chi connectivity index (χ4n) is 3.22. The van der Waals surface area contributed by atoms with E-state index in [1.54, 1.807) is 0 Å². The van der Waals surface area contributed by atoms with Gasteiger partial charge in [-0.3, -0.25) is 9.59 Å². The summed E-state index contributed by atoms with van der Waals surface area (Å²) in [5.74, 6) is 0.388. The highest BCUT2D eigenvalue weighted by molar-refractivity contribution is 5.78. The molecule has 0 aromatic heterocycles. The van der Waals surface area contributed by atoms with E-state index in [1.165, 1.54) is 12.7 Å². The number of benzene rings is 1. The Morgan fingerprint density at radius 3 is 2.50 bits per heavy atom. The Hall–Kier alpha value is -1.88. The van der Waals surface area contributed by atoms with Crippen LogP contribution in [0.4, 0.5) is 0 Å². The maximum atomic E-state index is 12.4. The van der Waals surface area contributed by atoms with Crippen molar-refractivity contribution >= 4 is 11.8 Å². The Labute approximate surface area is 144 Å². The molecule has 1 aliphatic rings. The Morgan fingerprint density at radius 2 is 1.92 bits per heavy atom. The van der Waals surface area contributed by atoms with Gasteiger partial charge in [0.25, 0.3) is 0 Å². The average Bonchev–Trinajstić information content (AvgIpc) is 2.61. The molecule has 0 unspecified atom stereocenters. The van der Waals surface area contributed by atoms with Crippen molar-refractivity contribution in [3.8, 4) is 0 Å². The molecular formula is C19H28N2O3. The molecule has 5 heteroatoms. The lowest BCUT2D eigenvalue weighted by Gasteiger charge is -2.32. The number of amides is 2. The van der Waals surface area contributed by atoms with Crippen LogP contribution in [0, 0.1) is 0 Å². The molecule has 0 aliphatic carbocycles. The van der Waals surface area contributed by atoms with Gasteiger partial charge in [0.15, 0.2) is 0 Å². The van der Waals surface area contributed by atoms with E-state index < -0.39 is 0 Å². The van der Waals surface area contributed by atoms with Gasteiger partial charge in [0.2, 0.25) is 11.8 Å². The molecule has 0 radical (unpaired) electrons. The normalized spacial score (nSPS) is 16.7. The van der Waals surface area contributed by atoms with Gasteiger partial charge in [0.1, 0.15) is 6.61 Å². The van der Waals surface area contributed by atoms with Crippen LogP contribution in [0.5, 0.6) is 0 Å². The van der Waals surface area contributed by atoms with Gasteiger partial charge in [-0.15, -0.1) is 0 Å². The molecule has 1 saturated heterocycles.